The largest absolute Gasteiger partial charge is 0.338 e. The first-order valence-electron chi connectivity index (χ1n) is 8.03. The molecule has 6 heteroatoms. The monoisotopic (exact) mass is 343 g/mol. The lowest BCUT2D eigenvalue weighted by atomic mass is 10.1. The highest BCUT2D eigenvalue weighted by atomic mass is 16.1. The topological polar surface area (TPSA) is 90.7 Å². The zero-order chi connectivity index (χ0) is 18.5. The first-order chi connectivity index (χ1) is 12.6. The minimum absolute atomic E-state index is 0.211. The normalized spacial score (nSPS) is 10.0. The summed E-state index contributed by atoms with van der Waals surface area (Å²) in [7, 11) is 0. The Morgan fingerprint density at radius 3 is 2.54 bits per heavy atom. The summed E-state index contributed by atoms with van der Waals surface area (Å²) in [6, 6.07) is 14.9. The third-order valence-electron chi connectivity index (χ3n) is 3.96. The number of hydrogen-bond donors (Lipinski definition) is 2. The maximum Gasteiger partial charge on any atom is 0.275 e. The van der Waals surface area contributed by atoms with Gasteiger partial charge in [0.15, 0.2) is 0 Å². The molecule has 0 aliphatic heterocycles. The van der Waals surface area contributed by atoms with E-state index in [-0.39, 0.29) is 11.6 Å². The van der Waals surface area contributed by atoms with Crippen LogP contribution in [0.2, 0.25) is 0 Å². The van der Waals surface area contributed by atoms with Crippen molar-refractivity contribution in [3.63, 3.8) is 0 Å². The number of nitrogens with zero attached hydrogens (tertiary/aromatic N) is 3. The van der Waals surface area contributed by atoms with Crippen LogP contribution in [0, 0.1) is 25.2 Å². The van der Waals surface area contributed by atoms with Crippen molar-refractivity contribution >= 4 is 23.1 Å². The number of carbonyl (C=O) groups excluding carboxylic acids is 1. The smallest absolute Gasteiger partial charge is 0.275 e. The first-order valence-corrected chi connectivity index (χ1v) is 8.03. The predicted molar refractivity (Wildman–Crippen MR) is 100 cm³/mol. The van der Waals surface area contributed by atoms with E-state index >= 15 is 0 Å². The minimum atomic E-state index is -0.329. The van der Waals surface area contributed by atoms with Crippen LogP contribution in [0.1, 0.15) is 27.2 Å². The fourth-order valence-electron chi connectivity index (χ4n) is 2.35. The quantitative estimate of drug-likeness (QED) is 0.748. The Morgan fingerprint density at radius 1 is 1.04 bits per heavy atom. The lowest BCUT2D eigenvalue weighted by molar-refractivity contribution is 0.102. The molecular weight excluding hydrogens is 326 g/mol. The van der Waals surface area contributed by atoms with Crippen molar-refractivity contribution in [1.29, 1.82) is 5.26 Å². The molecule has 3 rings (SSSR count). The summed E-state index contributed by atoms with van der Waals surface area (Å²) in [5, 5.41) is 14.9. The Bertz CT molecular complexity index is 990. The van der Waals surface area contributed by atoms with Crippen LogP contribution in [0.15, 0.2) is 54.9 Å². The molecule has 2 aromatic carbocycles. The van der Waals surface area contributed by atoms with Gasteiger partial charge in [-0.2, -0.15) is 5.26 Å². The number of anilines is 3. The van der Waals surface area contributed by atoms with Crippen LogP contribution in [0.4, 0.5) is 17.2 Å². The van der Waals surface area contributed by atoms with Gasteiger partial charge in [-0.3, -0.25) is 4.79 Å². The van der Waals surface area contributed by atoms with Crippen molar-refractivity contribution in [3.05, 3.63) is 77.2 Å². The highest BCUT2D eigenvalue weighted by molar-refractivity contribution is 6.02. The summed E-state index contributed by atoms with van der Waals surface area (Å²) in [5.74, 6) is 0.125. The van der Waals surface area contributed by atoms with Gasteiger partial charge in [-0.1, -0.05) is 18.2 Å². The SMILES string of the molecule is Cc1ccc(NC(=O)c2cnc(Nc3ccccc3C#N)cn2)cc1C. The highest BCUT2D eigenvalue weighted by Crippen LogP contribution is 2.18. The van der Waals surface area contributed by atoms with Crippen LogP contribution in [0.3, 0.4) is 0 Å². The van der Waals surface area contributed by atoms with Gasteiger partial charge in [-0.15, -0.1) is 0 Å². The zero-order valence-corrected chi connectivity index (χ0v) is 14.4. The average molecular weight is 343 g/mol. The Kier molecular flexibility index (Phi) is 4.90. The molecule has 1 heterocycles. The maximum absolute atomic E-state index is 12.3. The third-order valence-corrected chi connectivity index (χ3v) is 3.96. The Morgan fingerprint density at radius 2 is 1.85 bits per heavy atom. The van der Waals surface area contributed by atoms with Crippen molar-refractivity contribution in [1.82, 2.24) is 9.97 Å². The van der Waals surface area contributed by atoms with Crippen molar-refractivity contribution in [2.45, 2.75) is 13.8 Å². The summed E-state index contributed by atoms with van der Waals surface area (Å²) in [4.78, 5) is 20.6. The van der Waals surface area contributed by atoms with Gasteiger partial charge in [0.05, 0.1) is 23.6 Å². The fourth-order valence-corrected chi connectivity index (χ4v) is 2.35. The van der Waals surface area contributed by atoms with Gasteiger partial charge in [0.1, 0.15) is 17.6 Å². The molecule has 0 saturated carbocycles. The molecule has 0 atom stereocenters. The molecule has 0 spiro atoms. The van der Waals surface area contributed by atoms with Crippen molar-refractivity contribution < 1.29 is 4.79 Å². The molecule has 0 aliphatic rings. The van der Waals surface area contributed by atoms with E-state index in [0.29, 0.717) is 22.8 Å². The summed E-state index contributed by atoms with van der Waals surface area (Å²) in [6.45, 7) is 4.01. The number of rotatable bonds is 4. The summed E-state index contributed by atoms with van der Waals surface area (Å²) in [5.41, 5.74) is 4.33. The van der Waals surface area contributed by atoms with E-state index < -0.39 is 0 Å². The number of hydrogen-bond acceptors (Lipinski definition) is 5. The number of nitrogens with one attached hydrogen (secondary N) is 2. The van der Waals surface area contributed by atoms with Crippen molar-refractivity contribution in [3.8, 4) is 6.07 Å². The minimum Gasteiger partial charge on any atom is -0.338 e. The standard InChI is InChI=1S/C20H17N5O/c1-13-7-8-16(9-14(13)2)24-20(26)18-11-23-19(12-22-18)25-17-6-4-3-5-15(17)10-21/h3-9,11-12H,1-2H3,(H,23,25)(H,24,26). The summed E-state index contributed by atoms with van der Waals surface area (Å²) in [6.07, 6.45) is 2.86. The highest BCUT2D eigenvalue weighted by Gasteiger charge is 2.10. The van der Waals surface area contributed by atoms with Crippen molar-refractivity contribution in [2.24, 2.45) is 0 Å². The number of amides is 1. The Hall–Kier alpha value is -3.72. The lowest BCUT2D eigenvalue weighted by Crippen LogP contribution is -2.14. The molecule has 0 aliphatic carbocycles. The Labute approximate surface area is 151 Å². The molecule has 1 aromatic heterocycles. The fraction of sp³-hybridized carbons (Fsp3) is 0.100. The molecule has 0 saturated heterocycles. The number of nitriles is 1. The van der Waals surface area contributed by atoms with E-state index in [1.165, 1.54) is 12.4 Å². The van der Waals surface area contributed by atoms with Crippen LogP contribution in [0.5, 0.6) is 0 Å². The number of aryl methyl sites for hydroxylation is 2. The third kappa shape index (κ3) is 3.84. The van der Waals surface area contributed by atoms with Gasteiger partial charge in [0.25, 0.3) is 5.91 Å². The second-order valence-corrected chi connectivity index (χ2v) is 5.82. The van der Waals surface area contributed by atoms with E-state index in [1.807, 2.05) is 38.1 Å². The van der Waals surface area contributed by atoms with E-state index in [9.17, 15) is 4.79 Å². The zero-order valence-electron chi connectivity index (χ0n) is 14.4. The molecule has 26 heavy (non-hydrogen) atoms. The Balaban J connectivity index is 1.71. The van der Waals surface area contributed by atoms with Crippen LogP contribution in [-0.4, -0.2) is 15.9 Å². The van der Waals surface area contributed by atoms with Gasteiger partial charge in [0, 0.05) is 5.69 Å². The maximum atomic E-state index is 12.3. The van der Waals surface area contributed by atoms with E-state index in [2.05, 4.69) is 26.7 Å². The molecule has 2 N–H and O–H groups in total. The van der Waals surface area contributed by atoms with E-state index in [1.54, 1.807) is 18.2 Å². The molecular formula is C20H17N5O. The summed E-state index contributed by atoms with van der Waals surface area (Å²) >= 11 is 0. The summed E-state index contributed by atoms with van der Waals surface area (Å²) < 4.78 is 0. The number of benzene rings is 2. The van der Waals surface area contributed by atoms with Crippen molar-refractivity contribution in [2.75, 3.05) is 10.6 Å². The molecule has 128 valence electrons. The second kappa shape index (κ2) is 7.45. The van der Waals surface area contributed by atoms with Gasteiger partial charge >= 0.3 is 0 Å². The number of para-hydroxylation sites is 1. The van der Waals surface area contributed by atoms with Gasteiger partial charge in [-0.05, 0) is 49.2 Å². The molecule has 0 unspecified atom stereocenters. The predicted octanol–water partition coefficient (Wildman–Crippen LogP) is 3.96. The molecule has 3 aromatic rings. The molecule has 0 radical (unpaired) electrons. The van der Waals surface area contributed by atoms with Gasteiger partial charge in [0.2, 0.25) is 0 Å². The van der Waals surface area contributed by atoms with Crippen LogP contribution < -0.4 is 10.6 Å². The van der Waals surface area contributed by atoms with E-state index in [0.717, 1.165) is 11.1 Å². The molecule has 0 fully saturated rings. The lowest BCUT2D eigenvalue weighted by Gasteiger charge is -2.09. The van der Waals surface area contributed by atoms with E-state index in [4.69, 9.17) is 5.26 Å². The number of carbonyl (C=O) groups is 1. The first kappa shape index (κ1) is 17.1. The van der Waals surface area contributed by atoms with Crippen LogP contribution in [-0.2, 0) is 0 Å². The van der Waals surface area contributed by atoms with Crippen LogP contribution >= 0.6 is 0 Å². The molecule has 6 nitrogen and oxygen atoms in total. The average Bonchev–Trinajstić information content (AvgIpc) is 2.66. The second-order valence-electron chi connectivity index (χ2n) is 5.82. The molecule has 1 amide bonds. The van der Waals surface area contributed by atoms with Crippen LogP contribution in [0.25, 0.3) is 0 Å². The van der Waals surface area contributed by atoms with Gasteiger partial charge in [-0.25, -0.2) is 9.97 Å². The van der Waals surface area contributed by atoms with Gasteiger partial charge < -0.3 is 10.6 Å². The molecule has 0 bridgehead atoms. The number of aromatic nitrogens is 2.